The Balaban J connectivity index is 1.59. The second-order valence-electron chi connectivity index (χ2n) is 7.32. The fourth-order valence-electron chi connectivity index (χ4n) is 2.96. The molecule has 1 heterocycles. The van der Waals surface area contributed by atoms with Gasteiger partial charge in [0.25, 0.3) is 0 Å². The first-order valence-corrected chi connectivity index (χ1v) is 11.7. The van der Waals surface area contributed by atoms with Crippen molar-refractivity contribution in [3.8, 4) is 17.2 Å². The van der Waals surface area contributed by atoms with E-state index in [0.717, 1.165) is 22.4 Å². The minimum atomic E-state index is -3.47. The molecule has 164 valence electrons. The number of nitrogens with zero attached hydrogens (tertiary/aromatic N) is 2. The van der Waals surface area contributed by atoms with Crippen LogP contribution >= 0.6 is 7.59 Å². The molecule has 9 heteroatoms. The number of anilines is 3. The minimum absolute atomic E-state index is 0.0263. The Labute approximate surface area is 186 Å². The highest BCUT2D eigenvalue weighted by Gasteiger charge is 2.25. The van der Waals surface area contributed by atoms with Gasteiger partial charge < -0.3 is 19.3 Å². The van der Waals surface area contributed by atoms with Gasteiger partial charge >= 0.3 is 13.6 Å². The molecule has 0 aliphatic heterocycles. The van der Waals surface area contributed by atoms with Crippen molar-refractivity contribution in [3.05, 3.63) is 83.9 Å². The minimum Gasteiger partial charge on any atom is -0.497 e. The van der Waals surface area contributed by atoms with Crippen molar-refractivity contribution in [1.82, 2.24) is 10.2 Å². The first kappa shape index (κ1) is 21.5. The third kappa shape index (κ3) is 5.28. The molecule has 0 unspecified atom stereocenters. The normalized spacial score (nSPS) is 11.1. The van der Waals surface area contributed by atoms with Gasteiger partial charge in [-0.15, -0.1) is 5.10 Å². The van der Waals surface area contributed by atoms with Crippen molar-refractivity contribution < 1.29 is 13.7 Å². The molecule has 0 amide bonds. The first-order chi connectivity index (χ1) is 15.4. The average Bonchev–Trinajstić information content (AvgIpc) is 3.25. The fourth-order valence-corrected chi connectivity index (χ4v) is 4.51. The van der Waals surface area contributed by atoms with E-state index in [1.165, 1.54) is 0 Å². The zero-order valence-corrected chi connectivity index (χ0v) is 18.9. The third-order valence-electron chi connectivity index (χ3n) is 4.69. The molecule has 3 aromatic carbocycles. The van der Waals surface area contributed by atoms with Crippen LogP contribution in [0, 0.1) is 13.8 Å². The maximum atomic E-state index is 13.8. The summed E-state index contributed by atoms with van der Waals surface area (Å²) in [6, 6.07) is 22.4. The van der Waals surface area contributed by atoms with E-state index >= 15 is 0 Å². The van der Waals surface area contributed by atoms with Crippen LogP contribution in [-0.4, -0.2) is 17.3 Å². The molecule has 1 aromatic heterocycles. The van der Waals surface area contributed by atoms with Gasteiger partial charge in [0.05, 0.1) is 7.11 Å². The van der Waals surface area contributed by atoms with Gasteiger partial charge in [-0.05, 0) is 62.4 Å². The van der Waals surface area contributed by atoms with E-state index in [1.807, 2.05) is 74.5 Å². The van der Waals surface area contributed by atoms with Crippen molar-refractivity contribution in [2.45, 2.75) is 13.8 Å². The molecule has 0 bridgehead atoms. The molecule has 0 spiro atoms. The van der Waals surface area contributed by atoms with Gasteiger partial charge in [-0.1, -0.05) is 40.5 Å². The predicted octanol–water partition coefficient (Wildman–Crippen LogP) is 6.11. The summed E-state index contributed by atoms with van der Waals surface area (Å²) in [4.78, 5) is 0. The van der Waals surface area contributed by atoms with Crippen molar-refractivity contribution in [2.24, 2.45) is 0 Å². The summed E-state index contributed by atoms with van der Waals surface area (Å²) in [6.07, 6.45) is 0. The molecule has 0 aliphatic rings. The molecule has 3 N–H and O–H groups in total. The number of rotatable bonds is 8. The van der Waals surface area contributed by atoms with E-state index in [1.54, 1.807) is 19.2 Å². The molecule has 4 aromatic rings. The van der Waals surface area contributed by atoms with Gasteiger partial charge in [-0.25, -0.2) is 0 Å². The Bertz CT molecular complexity index is 1170. The number of methoxy groups -OCH3 is 1. The van der Waals surface area contributed by atoms with Gasteiger partial charge in [0.15, 0.2) is 0 Å². The first-order valence-electron chi connectivity index (χ1n) is 9.99. The van der Waals surface area contributed by atoms with Gasteiger partial charge in [0.1, 0.15) is 5.75 Å². The van der Waals surface area contributed by atoms with Gasteiger partial charge in [-0.3, -0.25) is 9.65 Å². The Morgan fingerprint density at radius 1 is 0.750 bits per heavy atom. The Hall–Kier alpha value is -3.77. The topological polar surface area (TPSA) is 101 Å². The van der Waals surface area contributed by atoms with Crippen LogP contribution in [0.2, 0.25) is 0 Å². The average molecular weight is 449 g/mol. The Kier molecular flexibility index (Phi) is 6.14. The highest BCUT2D eigenvalue weighted by atomic mass is 31.2. The standard InChI is InChI=1S/C23H24N5O3P/c1-16-4-10-19(11-5-16)26-32(29,27-20-12-6-17(2)7-13-20)28-23-25-24-22(31-23)18-8-14-21(30-3)15-9-18/h4-15H,1-3H3,(H3,25,26,27,28,29). The quantitative estimate of drug-likeness (QED) is 0.277. The largest absolute Gasteiger partial charge is 0.497 e. The van der Waals surface area contributed by atoms with Crippen LogP contribution in [0.25, 0.3) is 11.5 Å². The van der Waals surface area contributed by atoms with E-state index in [-0.39, 0.29) is 6.01 Å². The molecule has 0 fully saturated rings. The van der Waals surface area contributed by atoms with Crippen molar-refractivity contribution in [2.75, 3.05) is 22.4 Å². The van der Waals surface area contributed by atoms with E-state index in [9.17, 15) is 4.57 Å². The molecular formula is C23H24N5O3P. The van der Waals surface area contributed by atoms with Crippen LogP contribution in [-0.2, 0) is 4.57 Å². The van der Waals surface area contributed by atoms with Crippen molar-refractivity contribution in [1.29, 1.82) is 0 Å². The predicted molar refractivity (Wildman–Crippen MR) is 127 cm³/mol. The van der Waals surface area contributed by atoms with Crippen LogP contribution in [0.5, 0.6) is 5.75 Å². The molecule has 0 radical (unpaired) electrons. The molecule has 0 saturated heterocycles. The van der Waals surface area contributed by atoms with Crippen LogP contribution in [0.1, 0.15) is 11.1 Å². The lowest BCUT2D eigenvalue weighted by atomic mass is 10.2. The summed E-state index contributed by atoms with van der Waals surface area (Å²) in [5.41, 5.74) is 4.29. The molecule has 4 rings (SSSR count). The van der Waals surface area contributed by atoms with E-state index in [2.05, 4.69) is 25.5 Å². The zero-order chi connectivity index (χ0) is 22.6. The highest BCUT2D eigenvalue weighted by molar-refractivity contribution is 7.68. The summed E-state index contributed by atoms with van der Waals surface area (Å²) in [5, 5.41) is 17.0. The van der Waals surface area contributed by atoms with Crippen LogP contribution in [0.4, 0.5) is 17.4 Å². The molecule has 32 heavy (non-hydrogen) atoms. The number of aryl methyl sites for hydroxylation is 2. The fraction of sp³-hybridized carbons (Fsp3) is 0.130. The van der Waals surface area contributed by atoms with Crippen LogP contribution in [0.3, 0.4) is 0 Å². The molecule has 8 nitrogen and oxygen atoms in total. The number of hydrogen-bond donors (Lipinski definition) is 3. The van der Waals surface area contributed by atoms with Gasteiger partial charge in [0, 0.05) is 16.9 Å². The Morgan fingerprint density at radius 3 is 1.78 bits per heavy atom. The maximum absolute atomic E-state index is 13.8. The van der Waals surface area contributed by atoms with E-state index < -0.39 is 7.59 Å². The van der Waals surface area contributed by atoms with Gasteiger partial charge in [-0.2, -0.15) is 0 Å². The van der Waals surface area contributed by atoms with Crippen molar-refractivity contribution in [3.63, 3.8) is 0 Å². The summed E-state index contributed by atoms with van der Waals surface area (Å²) < 4.78 is 24.7. The summed E-state index contributed by atoms with van der Waals surface area (Å²) >= 11 is 0. The smallest absolute Gasteiger partial charge is 0.356 e. The lowest BCUT2D eigenvalue weighted by Gasteiger charge is -2.22. The SMILES string of the molecule is COc1ccc(-c2nnc(NP(=O)(Nc3ccc(C)cc3)Nc3ccc(C)cc3)o2)cc1. The highest BCUT2D eigenvalue weighted by Crippen LogP contribution is 2.45. The monoisotopic (exact) mass is 449 g/mol. The third-order valence-corrected chi connectivity index (χ3v) is 6.34. The molecule has 0 saturated carbocycles. The molecule has 0 aliphatic carbocycles. The van der Waals surface area contributed by atoms with Crippen molar-refractivity contribution >= 4 is 25.0 Å². The Morgan fingerprint density at radius 2 is 1.28 bits per heavy atom. The van der Waals surface area contributed by atoms with Crippen LogP contribution in [0.15, 0.2) is 77.2 Å². The molecule has 0 atom stereocenters. The lowest BCUT2D eigenvalue weighted by Crippen LogP contribution is -2.14. The number of benzene rings is 3. The number of aromatic nitrogens is 2. The summed E-state index contributed by atoms with van der Waals surface area (Å²) in [6.45, 7) is 3.98. The van der Waals surface area contributed by atoms with E-state index in [4.69, 9.17) is 9.15 Å². The van der Waals surface area contributed by atoms with E-state index in [0.29, 0.717) is 17.3 Å². The maximum Gasteiger partial charge on any atom is 0.356 e. The summed E-state index contributed by atoms with van der Waals surface area (Å²) in [5.74, 6) is 1.02. The molecular weight excluding hydrogens is 425 g/mol. The zero-order valence-electron chi connectivity index (χ0n) is 18.0. The second kappa shape index (κ2) is 9.16. The number of hydrogen-bond acceptors (Lipinski definition) is 5. The number of ether oxygens (including phenoxy) is 1. The number of nitrogens with one attached hydrogen (secondary N) is 3. The van der Waals surface area contributed by atoms with Gasteiger partial charge in [0.2, 0.25) is 5.89 Å². The second-order valence-corrected chi connectivity index (χ2v) is 9.21. The van der Waals surface area contributed by atoms with Crippen LogP contribution < -0.4 is 20.0 Å². The summed E-state index contributed by atoms with van der Waals surface area (Å²) in [7, 11) is -1.87. The lowest BCUT2D eigenvalue weighted by molar-refractivity contribution is 0.415.